The third kappa shape index (κ3) is 5.62. The molecule has 1 atom stereocenters. The number of thioether (sulfide) groups is 1. The molecule has 1 aliphatic heterocycles. The fraction of sp³-hybridized carbons (Fsp3) is 0.632. The third-order valence-corrected chi connectivity index (χ3v) is 5.66. The van der Waals surface area contributed by atoms with E-state index in [1.54, 1.807) is 18.9 Å². The maximum atomic E-state index is 12.8. The Morgan fingerprint density at radius 2 is 2.12 bits per heavy atom. The lowest BCUT2D eigenvalue weighted by molar-refractivity contribution is -0.131. The lowest BCUT2D eigenvalue weighted by Gasteiger charge is -2.37. The van der Waals surface area contributed by atoms with Gasteiger partial charge in [-0.2, -0.15) is 11.8 Å². The maximum Gasteiger partial charge on any atom is 0.233 e. The Bertz CT molecular complexity index is 537. The second kappa shape index (κ2) is 10.7. The van der Waals surface area contributed by atoms with Crippen molar-refractivity contribution < 1.29 is 9.53 Å². The molecule has 1 saturated heterocycles. The average Bonchev–Trinajstić information content (AvgIpc) is 2.68. The number of nitrogens with one attached hydrogen (secondary N) is 1. The molecule has 1 aromatic rings. The standard InChI is InChI=1S/C19H31N3O2S/c1-4-21(5-2)12-13-25-15-19(23)22-11-10-20-14-17(22)16-8-6-7-9-18(16)24-3/h6-9,17,20H,4-5,10-15H2,1-3H3. The summed E-state index contributed by atoms with van der Waals surface area (Å²) in [4.78, 5) is 17.2. The highest BCUT2D eigenvalue weighted by Gasteiger charge is 2.29. The van der Waals surface area contributed by atoms with E-state index in [9.17, 15) is 4.79 Å². The Morgan fingerprint density at radius 1 is 1.36 bits per heavy atom. The molecule has 0 saturated carbocycles. The zero-order chi connectivity index (χ0) is 18.1. The van der Waals surface area contributed by atoms with E-state index < -0.39 is 0 Å². The Labute approximate surface area is 156 Å². The van der Waals surface area contributed by atoms with Gasteiger partial charge in [-0.15, -0.1) is 0 Å². The van der Waals surface area contributed by atoms with Crippen molar-refractivity contribution in [3.63, 3.8) is 0 Å². The summed E-state index contributed by atoms with van der Waals surface area (Å²) in [6, 6.07) is 8.04. The number of nitrogens with zero attached hydrogens (tertiary/aromatic N) is 2. The van der Waals surface area contributed by atoms with Crippen molar-refractivity contribution in [3.05, 3.63) is 29.8 Å². The molecule has 140 valence electrons. The second-order valence-corrected chi connectivity index (χ2v) is 7.23. The second-order valence-electron chi connectivity index (χ2n) is 6.13. The number of benzene rings is 1. The van der Waals surface area contributed by atoms with Crippen LogP contribution in [0, 0.1) is 0 Å². The van der Waals surface area contributed by atoms with Crippen LogP contribution < -0.4 is 10.1 Å². The fourth-order valence-electron chi connectivity index (χ4n) is 3.20. The highest BCUT2D eigenvalue weighted by Crippen LogP contribution is 2.30. The molecule has 1 amide bonds. The van der Waals surface area contributed by atoms with E-state index in [1.807, 2.05) is 23.1 Å². The lowest BCUT2D eigenvalue weighted by Crippen LogP contribution is -2.49. The molecule has 0 aliphatic carbocycles. The van der Waals surface area contributed by atoms with Crippen molar-refractivity contribution >= 4 is 17.7 Å². The van der Waals surface area contributed by atoms with Crippen molar-refractivity contribution in [1.82, 2.24) is 15.1 Å². The normalized spacial score (nSPS) is 17.8. The van der Waals surface area contributed by atoms with E-state index >= 15 is 0 Å². The van der Waals surface area contributed by atoms with E-state index in [-0.39, 0.29) is 11.9 Å². The van der Waals surface area contributed by atoms with Crippen molar-refractivity contribution in [3.8, 4) is 5.75 Å². The van der Waals surface area contributed by atoms with Gasteiger partial charge in [0.25, 0.3) is 0 Å². The van der Waals surface area contributed by atoms with Gasteiger partial charge in [0.15, 0.2) is 0 Å². The SMILES string of the molecule is CCN(CC)CCSCC(=O)N1CCNCC1c1ccccc1OC. The summed E-state index contributed by atoms with van der Waals surface area (Å²) in [6.45, 7) is 9.91. The van der Waals surface area contributed by atoms with Crippen molar-refractivity contribution in [1.29, 1.82) is 0 Å². The molecule has 1 fully saturated rings. The zero-order valence-corrected chi connectivity index (χ0v) is 16.5. The summed E-state index contributed by atoms with van der Waals surface area (Å²) < 4.78 is 5.50. The first-order valence-corrected chi connectivity index (χ1v) is 10.3. The molecule has 25 heavy (non-hydrogen) atoms. The number of hydrogen-bond acceptors (Lipinski definition) is 5. The molecule has 0 spiro atoms. The van der Waals surface area contributed by atoms with Crippen LogP contribution in [0.25, 0.3) is 0 Å². The van der Waals surface area contributed by atoms with Gasteiger partial charge in [0.1, 0.15) is 5.75 Å². The molecule has 1 aliphatic rings. The van der Waals surface area contributed by atoms with Crippen LogP contribution in [0.3, 0.4) is 0 Å². The van der Waals surface area contributed by atoms with Gasteiger partial charge in [0.2, 0.25) is 5.91 Å². The van der Waals surface area contributed by atoms with Crippen molar-refractivity contribution in [2.75, 3.05) is 57.9 Å². The van der Waals surface area contributed by atoms with Crippen LogP contribution in [-0.4, -0.2) is 73.6 Å². The minimum atomic E-state index is 0.0424. The van der Waals surface area contributed by atoms with Gasteiger partial charge in [-0.3, -0.25) is 4.79 Å². The Morgan fingerprint density at radius 3 is 2.84 bits per heavy atom. The quantitative estimate of drug-likeness (QED) is 0.680. The first-order chi connectivity index (χ1) is 12.2. The smallest absolute Gasteiger partial charge is 0.233 e. The molecule has 0 aromatic heterocycles. The largest absolute Gasteiger partial charge is 0.496 e. The minimum Gasteiger partial charge on any atom is -0.496 e. The number of carbonyl (C=O) groups excluding carboxylic acids is 1. The van der Waals surface area contributed by atoms with Gasteiger partial charge in [-0.05, 0) is 19.2 Å². The Hall–Kier alpha value is -1.24. The van der Waals surface area contributed by atoms with E-state index in [2.05, 4.69) is 30.1 Å². The topological polar surface area (TPSA) is 44.8 Å². The Kier molecular flexibility index (Phi) is 8.58. The lowest BCUT2D eigenvalue weighted by atomic mass is 10.0. The monoisotopic (exact) mass is 365 g/mol. The molecular weight excluding hydrogens is 334 g/mol. The number of amides is 1. The van der Waals surface area contributed by atoms with Crippen LogP contribution in [0.5, 0.6) is 5.75 Å². The highest BCUT2D eigenvalue weighted by atomic mass is 32.2. The number of carbonyl (C=O) groups is 1. The number of piperazine rings is 1. The molecule has 2 rings (SSSR count). The van der Waals surface area contributed by atoms with Crippen LogP contribution in [-0.2, 0) is 4.79 Å². The predicted octanol–water partition coefficient (Wildman–Crippen LogP) is 2.24. The number of hydrogen-bond donors (Lipinski definition) is 1. The Balaban J connectivity index is 1.94. The van der Waals surface area contributed by atoms with Crippen LogP contribution >= 0.6 is 11.8 Å². The summed E-state index contributed by atoms with van der Waals surface area (Å²) in [6.07, 6.45) is 0. The molecule has 1 N–H and O–H groups in total. The van der Waals surface area contributed by atoms with Gasteiger partial charge in [0.05, 0.1) is 18.9 Å². The molecule has 5 nitrogen and oxygen atoms in total. The molecule has 0 bridgehead atoms. The van der Waals surface area contributed by atoms with E-state index in [1.165, 1.54) is 0 Å². The number of para-hydroxylation sites is 1. The molecule has 0 radical (unpaired) electrons. The maximum absolute atomic E-state index is 12.8. The van der Waals surface area contributed by atoms with Gasteiger partial charge < -0.3 is 19.9 Å². The summed E-state index contributed by atoms with van der Waals surface area (Å²) in [5, 5.41) is 3.40. The van der Waals surface area contributed by atoms with E-state index in [0.717, 1.165) is 56.3 Å². The molecule has 1 aromatic carbocycles. The molecule has 1 unspecified atom stereocenters. The first kappa shape index (κ1) is 20.1. The van der Waals surface area contributed by atoms with Crippen LogP contribution in [0.1, 0.15) is 25.5 Å². The van der Waals surface area contributed by atoms with Crippen LogP contribution in [0.4, 0.5) is 0 Å². The van der Waals surface area contributed by atoms with Gasteiger partial charge in [-0.1, -0.05) is 32.0 Å². The summed E-state index contributed by atoms with van der Waals surface area (Å²) in [5.41, 5.74) is 1.08. The summed E-state index contributed by atoms with van der Waals surface area (Å²) in [7, 11) is 1.68. The number of methoxy groups -OCH3 is 1. The molecule has 6 heteroatoms. The average molecular weight is 366 g/mol. The zero-order valence-electron chi connectivity index (χ0n) is 15.7. The number of rotatable bonds is 9. The summed E-state index contributed by atoms with van der Waals surface area (Å²) in [5.74, 6) is 2.62. The third-order valence-electron chi connectivity index (χ3n) is 4.73. The van der Waals surface area contributed by atoms with Gasteiger partial charge >= 0.3 is 0 Å². The van der Waals surface area contributed by atoms with E-state index in [0.29, 0.717) is 5.75 Å². The van der Waals surface area contributed by atoms with Crippen molar-refractivity contribution in [2.45, 2.75) is 19.9 Å². The minimum absolute atomic E-state index is 0.0424. The summed E-state index contributed by atoms with van der Waals surface area (Å²) >= 11 is 1.74. The first-order valence-electron chi connectivity index (χ1n) is 9.14. The van der Waals surface area contributed by atoms with Crippen molar-refractivity contribution in [2.24, 2.45) is 0 Å². The fourth-order valence-corrected chi connectivity index (χ4v) is 4.07. The predicted molar refractivity (Wildman–Crippen MR) is 105 cm³/mol. The molecular formula is C19H31N3O2S. The molecule has 1 heterocycles. The van der Waals surface area contributed by atoms with E-state index in [4.69, 9.17) is 4.74 Å². The van der Waals surface area contributed by atoms with Crippen LogP contribution in [0.15, 0.2) is 24.3 Å². The van der Waals surface area contributed by atoms with Crippen LogP contribution in [0.2, 0.25) is 0 Å². The van der Waals surface area contributed by atoms with Gasteiger partial charge in [-0.25, -0.2) is 0 Å². The number of ether oxygens (including phenoxy) is 1. The van der Waals surface area contributed by atoms with Gasteiger partial charge in [0, 0.05) is 37.5 Å². The highest BCUT2D eigenvalue weighted by molar-refractivity contribution is 7.99.